The summed E-state index contributed by atoms with van der Waals surface area (Å²) in [5.74, 6) is 0.415. The molecule has 0 spiro atoms. The zero-order chi connectivity index (χ0) is 13.0. The fraction of sp³-hybridized carbons (Fsp3) is 0. The Hall–Kier alpha value is -1.33. The predicted molar refractivity (Wildman–Crippen MR) is 78.2 cm³/mol. The number of benzene rings is 1. The number of amides is 1. The van der Waals surface area contributed by atoms with Crippen LogP contribution in [0.5, 0.6) is 0 Å². The lowest BCUT2D eigenvalue weighted by Gasteiger charge is -2.01. The smallest absolute Gasteiger partial charge is 0.248 e. The maximum Gasteiger partial charge on any atom is 0.248 e. The van der Waals surface area contributed by atoms with Crippen LogP contribution in [0.1, 0.15) is 5.76 Å². The Morgan fingerprint density at radius 3 is 2.44 bits per heavy atom. The van der Waals surface area contributed by atoms with Crippen molar-refractivity contribution in [2.75, 3.05) is 5.32 Å². The lowest BCUT2D eigenvalue weighted by atomic mass is 10.3. The fourth-order valence-corrected chi connectivity index (χ4v) is 1.88. The summed E-state index contributed by atoms with van der Waals surface area (Å²) in [6, 6.07) is 10.9. The lowest BCUT2D eigenvalue weighted by Crippen LogP contribution is -2.07. The van der Waals surface area contributed by atoms with E-state index in [0.717, 1.165) is 10.2 Å². The zero-order valence-corrected chi connectivity index (χ0v) is 12.4. The van der Waals surface area contributed by atoms with Crippen LogP contribution in [0.25, 0.3) is 6.08 Å². The van der Waals surface area contributed by atoms with E-state index in [-0.39, 0.29) is 5.91 Å². The number of rotatable bonds is 3. The first-order valence-corrected chi connectivity index (χ1v) is 6.72. The van der Waals surface area contributed by atoms with Crippen molar-refractivity contribution in [3.63, 3.8) is 0 Å². The summed E-state index contributed by atoms with van der Waals surface area (Å²) in [5.41, 5.74) is 0.744. The Morgan fingerprint density at radius 1 is 1.11 bits per heavy atom. The number of hydrogen-bond donors (Lipinski definition) is 1. The molecule has 0 fully saturated rings. The number of anilines is 1. The van der Waals surface area contributed by atoms with Crippen molar-refractivity contribution in [1.29, 1.82) is 0 Å². The van der Waals surface area contributed by atoms with E-state index in [9.17, 15) is 4.79 Å². The van der Waals surface area contributed by atoms with Crippen LogP contribution in [-0.2, 0) is 4.79 Å². The first-order valence-electron chi connectivity index (χ1n) is 5.13. The van der Waals surface area contributed by atoms with Gasteiger partial charge in [-0.25, -0.2) is 0 Å². The maximum absolute atomic E-state index is 11.6. The summed E-state index contributed by atoms with van der Waals surface area (Å²) < 4.78 is 6.85. The summed E-state index contributed by atoms with van der Waals surface area (Å²) in [4.78, 5) is 11.6. The highest BCUT2D eigenvalue weighted by molar-refractivity contribution is 9.10. The molecule has 0 saturated carbocycles. The van der Waals surface area contributed by atoms with Crippen molar-refractivity contribution in [2.45, 2.75) is 0 Å². The predicted octanol–water partition coefficient (Wildman–Crippen LogP) is 4.46. The zero-order valence-electron chi connectivity index (χ0n) is 9.19. The van der Waals surface area contributed by atoms with Gasteiger partial charge in [0.25, 0.3) is 0 Å². The van der Waals surface area contributed by atoms with E-state index in [2.05, 4.69) is 37.2 Å². The molecule has 92 valence electrons. The minimum atomic E-state index is -0.204. The van der Waals surface area contributed by atoms with E-state index in [1.807, 2.05) is 24.3 Å². The van der Waals surface area contributed by atoms with E-state index in [1.54, 1.807) is 18.2 Å². The normalized spacial score (nSPS) is 10.8. The third kappa shape index (κ3) is 3.85. The van der Waals surface area contributed by atoms with E-state index in [4.69, 9.17) is 4.42 Å². The first kappa shape index (κ1) is 13.1. The summed E-state index contributed by atoms with van der Waals surface area (Å²) in [5, 5.41) is 2.75. The quantitative estimate of drug-likeness (QED) is 0.810. The third-order valence-electron chi connectivity index (χ3n) is 2.10. The Bertz CT molecular complexity index is 573. The van der Waals surface area contributed by atoms with Gasteiger partial charge in [0.15, 0.2) is 4.67 Å². The highest BCUT2D eigenvalue weighted by Gasteiger charge is 1.99. The van der Waals surface area contributed by atoms with Crippen LogP contribution >= 0.6 is 31.9 Å². The van der Waals surface area contributed by atoms with Gasteiger partial charge in [-0.1, -0.05) is 15.9 Å². The molecule has 0 aliphatic heterocycles. The molecule has 0 saturated heterocycles. The number of carbonyl (C=O) groups excluding carboxylic acids is 1. The molecule has 0 unspecified atom stereocenters. The maximum atomic E-state index is 11.6. The molecular weight excluding hydrogens is 362 g/mol. The van der Waals surface area contributed by atoms with Gasteiger partial charge >= 0.3 is 0 Å². The van der Waals surface area contributed by atoms with Crippen molar-refractivity contribution in [3.8, 4) is 0 Å². The molecule has 1 aromatic carbocycles. The topological polar surface area (TPSA) is 42.2 Å². The average molecular weight is 371 g/mol. The third-order valence-corrected chi connectivity index (χ3v) is 3.06. The highest BCUT2D eigenvalue weighted by Crippen LogP contribution is 2.16. The van der Waals surface area contributed by atoms with Crippen molar-refractivity contribution in [3.05, 3.63) is 57.4 Å². The van der Waals surface area contributed by atoms with Crippen LogP contribution in [0.3, 0.4) is 0 Å². The Balaban J connectivity index is 1.96. The minimum absolute atomic E-state index is 0.204. The summed E-state index contributed by atoms with van der Waals surface area (Å²) in [6.45, 7) is 0. The van der Waals surface area contributed by atoms with Crippen molar-refractivity contribution in [1.82, 2.24) is 0 Å². The van der Waals surface area contributed by atoms with Gasteiger partial charge in [-0.15, -0.1) is 0 Å². The van der Waals surface area contributed by atoms with Gasteiger partial charge in [-0.3, -0.25) is 4.79 Å². The molecule has 1 aromatic heterocycles. The van der Waals surface area contributed by atoms with Gasteiger partial charge in [0.1, 0.15) is 5.76 Å². The molecule has 1 N–H and O–H groups in total. The van der Waals surface area contributed by atoms with E-state index < -0.39 is 0 Å². The molecule has 2 aromatic rings. The molecule has 1 amide bonds. The van der Waals surface area contributed by atoms with Crippen LogP contribution in [0.2, 0.25) is 0 Å². The van der Waals surface area contributed by atoms with Crippen LogP contribution < -0.4 is 5.32 Å². The molecule has 0 atom stereocenters. The number of nitrogens with one attached hydrogen (secondary N) is 1. The van der Waals surface area contributed by atoms with E-state index in [0.29, 0.717) is 10.4 Å². The molecule has 18 heavy (non-hydrogen) atoms. The SMILES string of the molecule is O=C(C=Cc1ccc(Br)o1)Nc1ccc(Br)cc1. The molecule has 0 radical (unpaired) electrons. The Kier molecular flexibility index (Phi) is 4.38. The highest BCUT2D eigenvalue weighted by atomic mass is 79.9. The standard InChI is InChI=1S/C13H9Br2NO2/c14-9-1-3-10(4-2-9)16-13(17)8-6-11-5-7-12(15)18-11/h1-8H,(H,16,17). The van der Waals surface area contributed by atoms with Crippen LogP contribution in [0, 0.1) is 0 Å². The van der Waals surface area contributed by atoms with Gasteiger partial charge in [-0.2, -0.15) is 0 Å². The summed E-state index contributed by atoms with van der Waals surface area (Å²) in [7, 11) is 0. The second kappa shape index (κ2) is 6.02. The van der Waals surface area contributed by atoms with Crippen molar-refractivity contribution < 1.29 is 9.21 Å². The Labute approximate surface area is 121 Å². The van der Waals surface area contributed by atoms with Gasteiger partial charge in [0, 0.05) is 16.2 Å². The lowest BCUT2D eigenvalue weighted by molar-refractivity contribution is -0.111. The van der Waals surface area contributed by atoms with E-state index >= 15 is 0 Å². The number of halogens is 2. The summed E-state index contributed by atoms with van der Waals surface area (Å²) >= 11 is 6.53. The van der Waals surface area contributed by atoms with Crippen molar-refractivity contribution >= 4 is 49.5 Å². The Morgan fingerprint density at radius 2 is 1.83 bits per heavy atom. The van der Waals surface area contributed by atoms with Gasteiger partial charge in [-0.05, 0) is 58.4 Å². The molecule has 0 aliphatic rings. The average Bonchev–Trinajstić information content (AvgIpc) is 2.76. The van der Waals surface area contributed by atoms with Crippen LogP contribution in [0.4, 0.5) is 5.69 Å². The number of furan rings is 1. The fourth-order valence-electron chi connectivity index (χ4n) is 1.29. The van der Waals surface area contributed by atoms with Crippen LogP contribution in [-0.4, -0.2) is 5.91 Å². The van der Waals surface area contributed by atoms with Gasteiger partial charge in [0.05, 0.1) is 0 Å². The molecular formula is C13H9Br2NO2. The minimum Gasteiger partial charge on any atom is -0.450 e. The first-order chi connectivity index (χ1) is 8.63. The second-order valence-corrected chi connectivity index (χ2v) is 5.17. The molecule has 1 heterocycles. The molecule has 3 nitrogen and oxygen atoms in total. The number of carbonyl (C=O) groups is 1. The van der Waals surface area contributed by atoms with Gasteiger partial charge < -0.3 is 9.73 Å². The molecule has 0 bridgehead atoms. The van der Waals surface area contributed by atoms with Crippen LogP contribution in [0.15, 0.2) is 56.0 Å². The largest absolute Gasteiger partial charge is 0.450 e. The monoisotopic (exact) mass is 369 g/mol. The molecule has 2 rings (SSSR count). The molecule has 0 aliphatic carbocycles. The van der Waals surface area contributed by atoms with Crippen molar-refractivity contribution in [2.24, 2.45) is 0 Å². The second-order valence-electron chi connectivity index (χ2n) is 3.47. The number of hydrogen-bond acceptors (Lipinski definition) is 2. The summed E-state index contributed by atoms with van der Waals surface area (Å²) in [6.07, 6.45) is 3.03. The molecule has 5 heteroatoms. The van der Waals surface area contributed by atoms with Gasteiger partial charge in [0.2, 0.25) is 5.91 Å². The van der Waals surface area contributed by atoms with E-state index in [1.165, 1.54) is 6.08 Å².